The number of nitrogens with one attached hydrogen (secondary N) is 1. The first-order chi connectivity index (χ1) is 8.11. The van der Waals surface area contributed by atoms with Crippen LogP contribution in [0.4, 0.5) is 0 Å². The van der Waals surface area contributed by atoms with Crippen molar-refractivity contribution in [3.05, 3.63) is 28.3 Å². The van der Waals surface area contributed by atoms with Crippen LogP contribution in [-0.4, -0.2) is 13.2 Å². The molecule has 2 nitrogen and oxygen atoms in total. The summed E-state index contributed by atoms with van der Waals surface area (Å²) in [6, 6.07) is 4.82. The van der Waals surface area contributed by atoms with Gasteiger partial charge >= 0.3 is 0 Å². The first kappa shape index (κ1) is 12.7. The van der Waals surface area contributed by atoms with Crippen LogP contribution in [0.5, 0.6) is 5.75 Å². The van der Waals surface area contributed by atoms with E-state index in [0.717, 1.165) is 18.3 Å². The maximum Gasteiger partial charge on any atom is 0.137 e. The smallest absolute Gasteiger partial charge is 0.137 e. The van der Waals surface area contributed by atoms with Gasteiger partial charge in [-0.15, -0.1) is 0 Å². The Kier molecular flexibility index (Phi) is 3.95. The highest BCUT2D eigenvalue weighted by molar-refractivity contribution is 6.32. The third-order valence-corrected chi connectivity index (χ3v) is 3.49. The second-order valence-corrected chi connectivity index (χ2v) is 5.40. The van der Waals surface area contributed by atoms with Crippen LogP contribution >= 0.6 is 11.6 Å². The standard InChI is InChI=1S/C14H20ClNO/c1-9(2)12-7-14(17-3)13(15)6-10(12)8-16-11-4-5-11/h6-7,9,11,16H,4-5,8H2,1-3H3. The molecule has 0 atom stereocenters. The molecule has 0 unspecified atom stereocenters. The van der Waals surface area contributed by atoms with Crippen molar-refractivity contribution in [2.75, 3.05) is 7.11 Å². The monoisotopic (exact) mass is 253 g/mol. The average molecular weight is 254 g/mol. The molecule has 94 valence electrons. The van der Waals surface area contributed by atoms with Gasteiger partial charge in [0, 0.05) is 12.6 Å². The summed E-state index contributed by atoms with van der Waals surface area (Å²) in [7, 11) is 1.66. The lowest BCUT2D eigenvalue weighted by molar-refractivity contribution is 0.414. The van der Waals surface area contributed by atoms with Gasteiger partial charge in [0.15, 0.2) is 0 Å². The molecule has 2 rings (SSSR count). The average Bonchev–Trinajstić information content (AvgIpc) is 3.09. The third kappa shape index (κ3) is 3.14. The fourth-order valence-corrected chi connectivity index (χ4v) is 2.26. The van der Waals surface area contributed by atoms with Crippen LogP contribution in [0.1, 0.15) is 43.7 Å². The molecule has 3 heteroatoms. The number of ether oxygens (including phenoxy) is 1. The highest BCUT2D eigenvalue weighted by Gasteiger charge is 2.21. The summed E-state index contributed by atoms with van der Waals surface area (Å²) in [5, 5.41) is 4.23. The minimum Gasteiger partial charge on any atom is -0.495 e. The molecule has 1 aliphatic carbocycles. The van der Waals surface area contributed by atoms with Gasteiger partial charge in [-0.1, -0.05) is 25.4 Å². The quantitative estimate of drug-likeness (QED) is 0.864. The maximum absolute atomic E-state index is 6.18. The molecule has 0 radical (unpaired) electrons. The molecule has 1 N–H and O–H groups in total. The molecule has 0 aliphatic heterocycles. The van der Waals surface area contributed by atoms with Crippen molar-refractivity contribution >= 4 is 11.6 Å². The Bertz CT molecular complexity index is 399. The number of rotatable bonds is 5. The van der Waals surface area contributed by atoms with Crippen molar-refractivity contribution in [3.8, 4) is 5.75 Å². The van der Waals surface area contributed by atoms with Gasteiger partial charge in [-0.2, -0.15) is 0 Å². The largest absolute Gasteiger partial charge is 0.495 e. The van der Waals surface area contributed by atoms with E-state index in [9.17, 15) is 0 Å². The second-order valence-electron chi connectivity index (χ2n) is 5.00. The number of hydrogen-bond acceptors (Lipinski definition) is 2. The van der Waals surface area contributed by atoms with E-state index in [4.69, 9.17) is 16.3 Å². The van der Waals surface area contributed by atoms with Crippen LogP contribution in [0.3, 0.4) is 0 Å². The Hall–Kier alpha value is -0.730. The minimum atomic E-state index is 0.483. The van der Waals surface area contributed by atoms with Crippen LogP contribution in [-0.2, 0) is 6.54 Å². The normalized spacial score (nSPS) is 15.4. The highest BCUT2D eigenvalue weighted by atomic mass is 35.5. The van der Waals surface area contributed by atoms with Crippen molar-refractivity contribution in [2.24, 2.45) is 0 Å². The lowest BCUT2D eigenvalue weighted by Gasteiger charge is -2.16. The lowest BCUT2D eigenvalue weighted by Crippen LogP contribution is -2.17. The van der Waals surface area contributed by atoms with E-state index in [1.807, 2.05) is 6.07 Å². The van der Waals surface area contributed by atoms with Crippen molar-refractivity contribution < 1.29 is 4.74 Å². The zero-order valence-electron chi connectivity index (χ0n) is 10.7. The summed E-state index contributed by atoms with van der Waals surface area (Å²) in [6.45, 7) is 5.30. The molecule has 1 aromatic carbocycles. The summed E-state index contributed by atoms with van der Waals surface area (Å²) < 4.78 is 5.28. The van der Waals surface area contributed by atoms with E-state index in [-0.39, 0.29) is 0 Å². The molecule has 0 amide bonds. The second kappa shape index (κ2) is 5.28. The van der Waals surface area contributed by atoms with Crippen molar-refractivity contribution in [1.29, 1.82) is 0 Å². The number of benzene rings is 1. The van der Waals surface area contributed by atoms with Gasteiger partial charge in [-0.05, 0) is 42.0 Å². The molecule has 1 aliphatic rings. The molecular formula is C14H20ClNO. The molecule has 1 saturated carbocycles. The van der Waals surface area contributed by atoms with Gasteiger partial charge in [-0.25, -0.2) is 0 Å². The Morgan fingerprint density at radius 1 is 1.41 bits per heavy atom. The predicted octanol–water partition coefficient (Wildman–Crippen LogP) is 3.72. The molecule has 0 heterocycles. The third-order valence-electron chi connectivity index (χ3n) is 3.19. The summed E-state index contributed by atoms with van der Waals surface area (Å²) in [5.74, 6) is 1.25. The van der Waals surface area contributed by atoms with Crippen LogP contribution in [0, 0.1) is 0 Å². The highest BCUT2D eigenvalue weighted by Crippen LogP contribution is 2.32. The van der Waals surface area contributed by atoms with E-state index in [1.54, 1.807) is 7.11 Å². The van der Waals surface area contributed by atoms with Gasteiger partial charge < -0.3 is 10.1 Å². The Labute approximate surface area is 108 Å². The maximum atomic E-state index is 6.18. The first-order valence-electron chi connectivity index (χ1n) is 6.21. The Balaban J connectivity index is 2.23. The molecule has 0 bridgehead atoms. The first-order valence-corrected chi connectivity index (χ1v) is 6.59. The topological polar surface area (TPSA) is 21.3 Å². The van der Waals surface area contributed by atoms with Gasteiger partial charge in [0.25, 0.3) is 0 Å². The lowest BCUT2D eigenvalue weighted by atomic mass is 9.96. The molecule has 1 aromatic rings. The fraction of sp³-hybridized carbons (Fsp3) is 0.571. The fourth-order valence-electron chi connectivity index (χ4n) is 2.00. The SMILES string of the molecule is COc1cc(C(C)C)c(CNC2CC2)cc1Cl. The number of methoxy groups -OCH3 is 1. The van der Waals surface area contributed by atoms with Crippen LogP contribution < -0.4 is 10.1 Å². The number of hydrogen-bond donors (Lipinski definition) is 1. The van der Waals surface area contributed by atoms with Crippen LogP contribution in [0.15, 0.2) is 12.1 Å². The Morgan fingerprint density at radius 2 is 2.12 bits per heavy atom. The van der Waals surface area contributed by atoms with Gasteiger partial charge in [0.2, 0.25) is 0 Å². The predicted molar refractivity (Wildman–Crippen MR) is 72.0 cm³/mol. The number of halogens is 1. The summed E-state index contributed by atoms with van der Waals surface area (Å²) in [6.07, 6.45) is 2.61. The Morgan fingerprint density at radius 3 is 2.65 bits per heavy atom. The van der Waals surface area contributed by atoms with E-state index in [2.05, 4.69) is 25.2 Å². The molecular weight excluding hydrogens is 234 g/mol. The van der Waals surface area contributed by atoms with Gasteiger partial charge in [0.05, 0.1) is 12.1 Å². The minimum absolute atomic E-state index is 0.483. The summed E-state index contributed by atoms with van der Waals surface area (Å²) in [5.41, 5.74) is 2.61. The molecule has 0 spiro atoms. The van der Waals surface area contributed by atoms with Crippen molar-refractivity contribution in [2.45, 2.75) is 45.2 Å². The van der Waals surface area contributed by atoms with Crippen molar-refractivity contribution in [1.82, 2.24) is 5.32 Å². The molecule has 0 saturated heterocycles. The van der Waals surface area contributed by atoms with Crippen LogP contribution in [0.2, 0.25) is 5.02 Å². The van der Waals surface area contributed by atoms with E-state index in [0.29, 0.717) is 10.9 Å². The van der Waals surface area contributed by atoms with E-state index in [1.165, 1.54) is 24.0 Å². The zero-order valence-corrected chi connectivity index (χ0v) is 11.5. The van der Waals surface area contributed by atoms with Crippen LogP contribution in [0.25, 0.3) is 0 Å². The molecule has 17 heavy (non-hydrogen) atoms. The molecule has 0 aromatic heterocycles. The molecule has 1 fully saturated rings. The van der Waals surface area contributed by atoms with Gasteiger partial charge in [0.1, 0.15) is 5.75 Å². The van der Waals surface area contributed by atoms with Gasteiger partial charge in [-0.3, -0.25) is 0 Å². The van der Waals surface area contributed by atoms with E-state index >= 15 is 0 Å². The van der Waals surface area contributed by atoms with Crippen molar-refractivity contribution in [3.63, 3.8) is 0 Å². The van der Waals surface area contributed by atoms with E-state index < -0.39 is 0 Å². The summed E-state index contributed by atoms with van der Waals surface area (Å²) in [4.78, 5) is 0. The zero-order chi connectivity index (χ0) is 12.4. The summed E-state index contributed by atoms with van der Waals surface area (Å²) >= 11 is 6.18.